The second-order valence-corrected chi connectivity index (χ2v) is 8.59. The third-order valence-corrected chi connectivity index (χ3v) is 6.91. The molecule has 1 aromatic carbocycles. The van der Waals surface area contributed by atoms with Gasteiger partial charge in [0.05, 0.1) is 17.7 Å². The van der Waals surface area contributed by atoms with Crippen molar-refractivity contribution in [3.8, 4) is 5.75 Å². The average Bonchev–Trinajstić information content (AvgIpc) is 3.15. The molecule has 27 heavy (non-hydrogen) atoms. The molecule has 2 heterocycles. The van der Waals surface area contributed by atoms with Gasteiger partial charge >= 0.3 is 0 Å². The van der Waals surface area contributed by atoms with Gasteiger partial charge in [-0.3, -0.25) is 0 Å². The van der Waals surface area contributed by atoms with E-state index < -0.39 is 16.1 Å². The largest absolute Gasteiger partial charge is 0.508 e. The highest BCUT2D eigenvalue weighted by atomic mass is 35.5. The Morgan fingerprint density at radius 3 is 2.81 bits per heavy atom. The zero-order valence-corrected chi connectivity index (χ0v) is 16.7. The smallest absolute Gasteiger partial charge is 0.244 e. The normalized spacial score (nSPS) is 18.9. The maximum Gasteiger partial charge on any atom is 0.244 e. The van der Waals surface area contributed by atoms with Crippen LogP contribution in [0.5, 0.6) is 5.75 Å². The van der Waals surface area contributed by atoms with Gasteiger partial charge in [0.1, 0.15) is 16.7 Å². The second kappa shape index (κ2) is 8.09. The number of nitrogens with zero attached hydrogens (tertiary/aromatic N) is 5. The van der Waals surface area contributed by atoms with Crippen molar-refractivity contribution in [3.05, 3.63) is 29.0 Å². The summed E-state index contributed by atoms with van der Waals surface area (Å²) < 4.78 is 32.8. The number of hydrogen-bond acceptors (Lipinski definition) is 7. The Labute approximate surface area is 162 Å². The summed E-state index contributed by atoms with van der Waals surface area (Å²) in [5, 5.41) is 22.2. The summed E-state index contributed by atoms with van der Waals surface area (Å²) in [7, 11) is -3.90. The maximum atomic E-state index is 13.0. The van der Waals surface area contributed by atoms with Gasteiger partial charge in [0.15, 0.2) is 0 Å². The number of benzene rings is 1. The molecule has 1 saturated heterocycles. The molecule has 0 saturated carbocycles. The first-order valence-electron chi connectivity index (χ1n) is 8.76. The Balaban J connectivity index is 1.83. The molecule has 1 atom stereocenters. The second-order valence-electron chi connectivity index (χ2n) is 6.28. The van der Waals surface area contributed by atoms with E-state index in [9.17, 15) is 13.5 Å². The van der Waals surface area contributed by atoms with Gasteiger partial charge in [0.25, 0.3) is 0 Å². The number of rotatable bonds is 6. The predicted octanol–water partition coefficient (Wildman–Crippen LogP) is 2.16. The number of aromatic hydroxyl groups is 1. The number of sulfonamides is 1. The van der Waals surface area contributed by atoms with E-state index in [-0.39, 0.29) is 41.4 Å². The van der Waals surface area contributed by atoms with Gasteiger partial charge in [-0.15, -0.1) is 10.2 Å². The van der Waals surface area contributed by atoms with Crippen LogP contribution in [0.2, 0.25) is 5.02 Å². The minimum atomic E-state index is -3.90. The number of hydrogen-bond donors (Lipinski definition) is 1. The molecular weight excluding hydrogens is 394 g/mol. The molecular formula is C16H22ClN5O4S. The van der Waals surface area contributed by atoms with Crippen molar-refractivity contribution in [2.45, 2.75) is 43.7 Å². The molecule has 2 aromatic rings. The van der Waals surface area contributed by atoms with E-state index in [1.165, 1.54) is 16.4 Å². The number of phenols is 1. The van der Waals surface area contributed by atoms with Crippen LogP contribution in [0.1, 0.15) is 44.7 Å². The van der Waals surface area contributed by atoms with Crippen LogP contribution in [0.15, 0.2) is 23.1 Å². The van der Waals surface area contributed by atoms with E-state index in [2.05, 4.69) is 15.4 Å². The molecule has 0 amide bonds. The lowest BCUT2D eigenvalue weighted by molar-refractivity contribution is -0.00777. The summed E-state index contributed by atoms with van der Waals surface area (Å²) in [6.45, 7) is 4.50. The summed E-state index contributed by atoms with van der Waals surface area (Å²) in [6, 6.07) is 3.97. The molecule has 0 spiro atoms. The number of morpholine rings is 1. The quantitative estimate of drug-likeness (QED) is 0.769. The summed E-state index contributed by atoms with van der Waals surface area (Å²) in [6.07, 6.45) is 1.12. The monoisotopic (exact) mass is 415 g/mol. The highest BCUT2D eigenvalue weighted by Crippen LogP contribution is 2.31. The van der Waals surface area contributed by atoms with E-state index >= 15 is 0 Å². The minimum Gasteiger partial charge on any atom is -0.508 e. The fraction of sp³-hybridized carbons (Fsp3) is 0.562. The van der Waals surface area contributed by atoms with Gasteiger partial charge in [-0.25, -0.2) is 8.42 Å². The lowest BCUT2D eigenvalue weighted by Crippen LogP contribution is -2.42. The van der Waals surface area contributed by atoms with E-state index in [1.54, 1.807) is 4.80 Å². The molecule has 148 valence electrons. The lowest BCUT2D eigenvalue weighted by Gasteiger charge is -2.30. The van der Waals surface area contributed by atoms with Gasteiger partial charge < -0.3 is 9.84 Å². The molecule has 1 aliphatic rings. The van der Waals surface area contributed by atoms with Crippen molar-refractivity contribution >= 4 is 21.6 Å². The van der Waals surface area contributed by atoms with Crippen LogP contribution in [-0.4, -0.2) is 57.7 Å². The van der Waals surface area contributed by atoms with Crippen molar-refractivity contribution in [1.29, 1.82) is 0 Å². The Hall–Kier alpha value is -1.75. The highest BCUT2D eigenvalue weighted by molar-refractivity contribution is 7.89. The first kappa shape index (κ1) is 20.0. The number of tetrazole rings is 1. The molecule has 0 radical (unpaired) electrons. The number of phenolic OH excluding ortho intramolecular Hbond substituents is 1. The first-order valence-corrected chi connectivity index (χ1v) is 10.6. The SMILES string of the molecule is CCC(CC)n1nnc(C2CN(S(=O)(=O)c3cc(O)ccc3Cl)CCO2)n1. The molecule has 0 bridgehead atoms. The molecule has 1 fully saturated rings. The standard InChI is InChI=1S/C16H22ClN5O4S/c1-3-11(4-2)22-19-16(18-20-22)14-10-21(7-8-26-14)27(24,25)15-9-12(23)5-6-13(15)17/h5-6,9,11,14,23H,3-4,7-8,10H2,1-2H3. The summed E-state index contributed by atoms with van der Waals surface area (Å²) in [4.78, 5) is 1.41. The molecule has 0 aliphatic carbocycles. The molecule has 1 unspecified atom stereocenters. The van der Waals surface area contributed by atoms with E-state index in [0.717, 1.165) is 18.9 Å². The van der Waals surface area contributed by atoms with Gasteiger partial charge in [-0.1, -0.05) is 25.4 Å². The third-order valence-electron chi connectivity index (χ3n) is 4.56. The van der Waals surface area contributed by atoms with E-state index in [4.69, 9.17) is 16.3 Å². The third kappa shape index (κ3) is 4.08. The fourth-order valence-corrected chi connectivity index (χ4v) is 4.88. The van der Waals surface area contributed by atoms with Crippen molar-refractivity contribution in [1.82, 2.24) is 24.5 Å². The fourth-order valence-electron chi connectivity index (χ4n) is 2.96. The Kier molecular flexibility index (Phi) is 5.99. The number of aromatic nitrogens is 4. The van der Waals surface area contributed by atoms with Crippen molar-refractivity contribution < 1.29 is 18.3 Å². The number of ether oxygens (including phenoxy) is 1. The van der Waals surface area contributed by atoms with Crippen LogP contribution in [0.4, 0.5) is 0 Å². The number of halogens is 1. The summed E-state index contributed by atoms with van der Waals surface area (Å²) >= 11 is 6.04. The Morgan fingerprint density at radius 1 is 1.37 bits per heavy atom. The van der Waals surface area contributed by atoms with Crippen LogP contribution < -0.4 is 0 Å². The minimum absolute atomic E-state index is 0.0446. The highest BCUT2D eigenvalue weighted by Gasteiger charge is 2.35. The van der Waals surface area contributed by atoms with Crippen LogP contribution >= 0.6 is 11.6 Å². The maximum absolute atomic E-state index is 13.0. The van der Waals surface area contributed by atoms with Crippen LogP contribution in [0, 0.1) is 0 Å². The van der Waals surface area contributed by atoms with Gasteiger partial charge in [0.2, 0.25) is 15.8 Å². The lowest BCUT2D eigenvalue weighted by atomic mass is 10.2. The molecule has 1 N–H and O–H groups in total. The summed E-state index contributed by atoms with van der Waals surface area (Å²) in [5.41, 5.74) is 0. The van der Waals surface area contributed by atoms with Crippen LogP contribution in [-0.2, 0) is 14.8 Å². The Morgan fingerprint density at radius 2 is 2.11 bits per heavy atom. The van der Waals surface area contributed by atoms with E-state index in [1.807, 2.05) is 13.8 Å². The molecule has 9 nitrogen and oxygen atoms in total. The molecule has 1 aromatic heterocycles. The molecule has 1 aliphatic heterocycles. The van der Waals surface area contributed by atoms with Crippen LogP contribution in [0.3, 0.4) is 0 Å². The van der Waals surface area contributed by atoms with Crippen LogP contribution in [0.25, 0.3) is 0 Å². The molecule has 3 rings (SSSR count). The van der Waals surface area contributed by atoms with Gasteiger partial charge in [0, 0.05) is 19.2 Å². The topological polar surface area (TPSA) is 110 Å². The predicted molar refractivity (Wildman–Crippen MR) is 98.0 cm³/mol. The zero-order chi connectivity index (χ0) is 19.6. The zero-order valence-electron chi connectivity index (χ0n) is 15.1. The van der Waals surface area contributed by atoms with Gasteiger partial charge in [-0.2, -0.15) is 9.10 Å². The van der Waals surface area contributed by atoms with Gasteiger partial charge in [-0.05, 0) is 30.2 Å². The van der Waals surface area contributed by atoms with Crippen molar-refractivity contribution in [3.63, 3.8) is 0 Å². The molecule has 11 heteroatoms. The first-order chi connectivity index (χ1) is 12.9. The van der Waals surface area contributed by atoms with Crippen molar-refractivity contribution in [2.75, 3.05) is 19.7 Å². The average molecular weight is 416 g/mol. The van der Waals surface area contributed by atoms with E-state index in [0.29, 0.717) is 5.82 Å². The Bertz CT molecular complexity index is 900. The van der Waals surface area contributed by atoms with Crippen molar-refractivity contribution in [2.24, 2.45) is 0 Å². The summed E-state index contributed by atoms with van der Waals surface area (Å²) in [5.74, 6) is 0.182.